The van der Waals surface area contributed by atoms with Crippen molar-refractivity contribution in [2.45, 2.75) is 67.2 Å². The van der Waals surface area contributed by atoms with E-state index in [0.29, 0.717) is 11.4 Å². The van der Waals surface area contributed by atoms with Gasteiger partial charge in [-0.3, -0.25) is 4.79 Å². The van der Waals surface area contributed by atoms with Gasteiger partial charge in [0.05, 0.1) is 11.4 Å². The quantitative estimate of drug-likeness (QED) is 0.165. The lowest BCUT2D eigenvalue weighted by atomic mass is 9.86. The normalized spacial score (nSPS) is 11.3. The number of nitrogens with two attached hydrogens (primary N) is 1. The van der Waals surface area contributed by atoms with Crippen molar-refractivity contribution < 1.29 is 4.79 Å². The Morgan fingerprint density at radius 3 is 1.52 bits per heavy atom. The van der Waals surface area contributed by atoms with Crippen LogP contribution in [0.1, 0.15) is 83.4 Å². The van der Waals surface area contributed by atoms with Crippen LogP contribution < -0.4 is 11.1 Å². The molecule has 0 radical (unpaired) electrons. The molecule has 0 aliphatic heterocycles. The van der Waals surface area contributed by atoms with Crippen molar-refractivity contribution in [2.75, 3.05) is 5.32 Å². The molecule has 0 spiro atoms. The molecule has 42 heavy (non-hydrogen) atoms. The summed E-state index contributed by atoms with van der Waals surface area (Å²) in [6, 6.07) is 31.4. The van der Waals surface area contributed by atoms with E-state index in [2.05, 4.69) is 95.8 Å². The van der Waals surface area contributed by atoms with Crippen molar-refractivity contribution in [1.29, 1.82) is 0 Å². The first-order chi connectivity index (χ1) is 18.8. The topological polar surface area (TPSA) is 67.5 Å². The van der Waals surface area contributed by atoms with E-state index in [1.807, 2.05) is 84.9 Å². The van der Waals surface area contributed by atoms with Crippen molar-refractivity contribution in [3.05, 3.63) is 128 Å². The first-order valence-electron chi connectivity index (χ1n) is 13.1. The standard InChI is InChI=1S/C17H19BrN2.C17H18BrNO.2CH4/c1-17(2,3)13-10-8-12(9-11-13)16(19)20-15-7-5-4-6-14(15)18;1-17(2,3)13-10-8-12(9-11-13)16(20)19-15-7-5-4-6-14(15)18;;/h4-11H,1-3H3,(H2,19,20);4-11H,1-3H3,(H,19,20);2*1H4. The lowest BCUT2D eigenvalue weighted by Gasteiger charge is -2.19. The molecule has 6 heteroatoms. The number of carbonyl (C=O) groups excluding carboxylic acids is 1. The highest BCUT2D eigenvalue weighted by atomic mass is 79.9. The summed E-state index contributed by atoms with van der Waals surface area (Å²) in [5, 5.41) is 2.90. The maximum absolute atomic E-state index is 12.2. The number of hydrogen-bond acceptors (Lipinski definition) is 2. The summed E-state index contributed by atoms with van der Waals surface area (Å²) in [6.45, 7) is 13.1. The molecular weight excluding hydrogens is 650 g/mol. The van der Waals surface area contributed by atoms with E-state index >= 15 is 0 Å². The molecule has 0 heterocycles. The number of anilines is 1. The number of para-hydroxylation sites is 2. The number of rotatable bonds is 4. The van der Waals surface area contributed by atoms with Gasteiger partial charge in [-0.1, -0.05) is 117 Å². The van der Waals surface area contributed by atoms with E-state index in [9.17, 15) is 4.79 Å². The molecular formula is C36H45Br2N3O. The van der Waals surface area contributed by atoms with Gasteiger partial charge in [-0.25, -0.2) is 4.99 Å². The van der Waals surface area contributed by atoms with Gasteiger partial charge in [0.25, 0.3) is 5.91 Å². The molecule has 4 aromatic carbocycles. The van der Waals surface area contributed by atoms with Crippen LogP contribution in [-0.2, 0) is 10.8 Å². The molecule has 4 aromatic rings. The molecule has 0 aromatic heterocycles. The average molecular weight is 696 g/mol. The zero-order valence-corrected chi connectivity index (χ0v) is 27.1. The Morgan fingerprint density at radius 1 is 0.643 bits per heavy atom. The van der Waals surface area contributed by atoms with Gasteiger partial charge in [0, 0.05) is 20.1 Å². The highest BCUT2D eigenvalue weighted by molar-refractivity contribution is 9.11. The van der Waals surface area contributed by atoms with Crippen molar-refractivity contribution in [1.82, 2.24) is 0 Å². The van der Waals surface area contributed by atoms with Crippen LogP contribution in [-0.4, -0.2) is 11.7 Å². The summed E-state index contributed by atoms with van der Waals surface area (Å²) in [4.78, 5) is 16.7. The molecule has 0 saturated carbocycles. The van der Waals surface area contributed by atoms with Gasteiger partial charge in [0.1, 0.15) is 5.84 Å². The monoisotopic (exact) mass is 693 g/mol. The van der Waals surface area contributed by atoms with E-state index in [0.717, 1.165) is 25.9 Å². The molecule has 0 atom stereocenters. The van der Waals surface area contributed by atoms with Gasteiger partial charge < -0.3 is 11.1 Å². The van der Waals surface area contributed by atoms with E-state index in [1.54, 1.807) is 0 Å². The van der Waals surface area contributed by atoms with Crippen LogP contribution in [0.15, 0.2) is 111 Å². The molecule has 0 aliphatic rings. The predicted molar refractivity (Wildman–Crippen MR) is 190 cm³/mol. The van der Waals surface area contributed by atoms with Crippen LogP contribution in [0.2, 0.25) is 0 Å². The number of carbonyl (C=O) groups is 1. The van der Waals surface area contributed by atoms with Crippen molar-refractivity contribution >= 4 is 55.0 Å². The third-order valence-corrected chi connectivity index (χ3v) is 7.64. The molecule has 0 aliphatic carbocycles. The van der Waals surface area contributed by atoms with Crippen LogP contribution in [0.4, 0.5) is 11.4 Å². The van der Waals surface area contributed by atoms with E-state index in [-0.39, 0.29) is 31.6 Å². The Bertz CT molecular complexity index is 1460. The first-order valence-corrected chi connectivity index (χ1v) is 14.7. The molecule has 224 valence electrons. The Labute approximate surface area is 270 Å². The van der Waals surface area contributed by atoms with E-state index < -0.39 is 0 Å². The Kier molecular flexibility index (Phi) is 13.9. The summed E-state index contributed by atoms with van der Waals surface area (Å²) in [5.74, 6) is 0.426. The Morgan fingerprint density at radius 2 is 1.07 bits per heavy atom. The van der Waals surface area contributed by atoms with Crippen LogP contribution >= 0.6 is 31.9 Å². The summed E-state index contributed by atoms with van der Waals surface area (Å²) in [6.07, 6.45) is 0. The minimum atomic E-state index is -0.0997. The van der Waals surface area contributed by atoms with Gasteiger partial charge in [0.15, 0.2) is 0 Å². The largest absolute Gasteiger partial charge is 0.383 e. The van der Waals surface area contributed by atoms with Gasteiger partial charge in [-0.2, -0.15) is 0 Å². The fraction of sp³-hybridized carbons (Fsp3) is 0.278. The second-order valence-corrected chi connectivity index (χ2v) is 13.2. The maximum atomic E-state index is 12.2. The van der Waals surface area contributed by atoms with Crippen LogP contribution in [0.25, 0.3) is 0 Å². The highest BCUT2D eigenvalue weighted by Gasteiger charge is 2.15. The second-order valence-electron chi connectivity index (χ2n) is 11.5. The SMILES string of the molecule is C.C.CC(C)(C)c1ccc(C(=O)Nc2ccccc2Br)cc1.CC(C)(C)c1ccc(C(N)=Nc2ccccc2Br)cc1. The Balaban J connectivity index is 0.000000401. The number of aliphatic imine (C=N–C) groups is 1. The van der Waals surface area contributed by atoms with Crippen molar-refractivity contribution in [3.63, 3.8) is 0 Å². The molecule has 0 bridgehead atoms. The second kappa shape index (κ2) is 15.9. The molecule has 4 rings (SSSR count). The molecule has 0 unspecified atom stereocenters. The van der Waals surface area contributed by atoms with Crippen molar-refractivity contribution in [2.24, 2.45) is 10.7 Å². The lowest BCUT2D eigenvalue weighted by molar-refractivity contribution is 0.102. The summed E-state index contributed by atoms with van der Waals surface area (Å²) in [7, 11) is 0. The molecule has 4 nitrogen and oxygen atoms in total. The fourth-order valence-corrected chi connectivity index (χ4v) is 4.51. The number of nitrogens with one attached hydrogen (secondary N) is 1. The maximum Gasteiger partial charge on any atom is 0.255 e. The third kappa shape index (κ3) is 10.6. The number of nitrogens with zero attached hydrogens (tertiary/aromatic N) is 1. The van der Waals surface area contributed by atoms with Gasteiger partial charge >= 0.3 is 0 Å². The molecule has 0 fully saturated rings. The first kappa shape index (κ1) is 36.8. The molecule has 0 saturated heterocycles. The molecule has 3 N–H and O–H groups in total. The fourth-order valence-electron chi connectivity index (χ4n) is 3.76. The van der Waals surface area contributed by atoms with Gasteiger partial charge in [-0.15, -0.1) is 0 Å². The van der Waals surface area contributed by atoms with Crippen molar-refractivity contribution in [3.8, 4) is 0 Å². The highest BCUT2D eigenvalue weighted by Crippen LogP contribution is 2.26. The number of amides is 1. The smallest absolute Gasteiger partial charge is 0.255 e. The van der Waals surface area contributed by atoms with Crippen LogP contribution in [0.3, 0.4) is 0 Å². The zero-order valence-electron chi connectivity index (χ0n) is 23.9. The van der Waals surface area contributed by atoms with E-state index in [4.69, 9.17) is 5.73 Å². The Hall–Kier alpha value is -3.22. The average Bonchev–Trinajstić information content (AvgIpc) is 2.91. The lowest BCUT2D eigenvalue weighted by Crippen LogP contribution is -2.15. The van der Waals surface area contributed by atoms with Crippen LogP contribution in [0, 0.1) is 0 Å². The number of amidine groups is 1. The molecule has 1 amide bonds. The minimum Gasteiger partial charge on any atom is -0.383 e. The predicted octanol–water partition coefficient (Wildman–Crippen LogP) is 11.1. The van der Waals surface area contributed by atoms with Gasteiger partial charge in [-0.05, 0) is 90.2 Å². The van der Waals surface area contributed by atoms with Crippen LogP contribution in [0.5, 0.6) is 0 Å². The zero-order chi connectivity index (χ0) is 29.5. The summed E-state index contributed by atoms with van der Waals surface area (Å²) >= 11 is 6.89. The van der Waals surface area contributed by atoms with Gasteiger partial charge in [0.2, 0.25) is 0 Å². The number of halogens is 2. The summed E-state index contributed by atoms with van der Waals surface area (Å²) in [5.41, 5.74) is 12.0. The third-order valence-electron chi connectivity index (χ3n) is 6.28. The number of hydrogen-bond donors (Lipinski definition) is 2. The number of benzene rings is 4. The minimum absolute atomic E-state index is 0. The van der Waals surface area contributed by atoms with E-state index in [1.165, 1.54) is 11.1 Å². The summed E-state index contributed by atoms with van der Waals surface area (Å²) < 4.78 is 1.81.